The van der Waals surface area contributed by atoms with Crippen molar-refractivity contribution >= 4 is 5.91 Å². The molecule has 0 aliphatic carbocycles. The topological polar surface area (TPSA) is 71.7 Å². The lowest BCUT2D eigenvalue weighted by Crippen LogP contribution is -2.59. The van der Waals surface area contributed by atoms with Crippen LogP contribution in [0.3, 0.4) is 0 Å². The van der Waals surface area contributed by atoms with Crippen molar-refractivity contribution in [2.45, 2.75) is 38.6 Å². The molecule has 150 valence electrons. The van der Waals surface area contributed by atoms with Crippen LogP contribution in [0, 0.1) is 5.41 Å². The number of rotatable bonds is 5. The van der Waals surface area contributed by atoms with E-state index in [9.17, 15) is 4.79 Å². The molecule has 0 N–H and O–H groups in total. The maximum atomic E-state index is 12.7. The van der Waals surface area contributed by atoms with Crippen LogP contribution in [0.25, 0.3) is 0 Å². The lowest BCUT2D eigenvalue weighted by molar-refractivity contribution is -0.141. The van der Waals surface area contributed by atoms with Gasteiger partial charge in [-0.3, -0.25) is 9.69 Å². The molecule has 0 saturated carbocycles. The average molecular weight is 384 g/mol. The molecule has 2 aromatic rings. The fourth-order valence-electron chi connectivity index (χ4n) is 4.41. The van der Waals surface area contributed by atoms with E-state index in [1.807, 2.05) is 29.2 Å². The molecular formula is C21H28N4O3. The molecule has 7 nitrogen and oxygen atoms in total. The van der Waals surface area contributed by atoms with Gasteiger partial charge in [-0.2, -0.15) is 4.98 Å². The minimum absolute atomic E-state index is 0.141. The molecule has 1 spiro atoms. The number of ether oxygens (including phenoxy) is 1. The highest BCUT2D eigenvalue weighted by molar-refractivity contribution is 5.80. The SMILES string of the molecule is COc1cccc(CC(=O)N2CC3(CC(c4noc(C(C)C)n4)N(C)C3)C2)c1. The molecule has 28 heavy (non-hydrogen) atoms. The summed E-state index contributed by atoms with van der Waals surface area (Å²) in [6, 6.07) is 7.87. The molecule has 2 fully saturated rings. The van der Waals surface area contributed by atoms with E-state index in [0.29, 0.717) is 12.3 Å². The summed E-state index contributed by atoms with van der Waals surface area (Å²) in [5.41, 5.74) is 1.13. The van der Waals surface area contributed by atoms with Crippen LogP contribution in [0.1, 0.15) is 49.5 Å². The normalized spacial score (nSPS) is 21.3. The second-order valence-electron chi connectivity index (χ2n) is 8.56. The third kappa shape index (κ3) is 3.51. The van der Waals surface area contributed by atoms with Gasteiger partial charge in [0.2, 0.25) is 11.8 Å². The molecule has 1 unspecified atom stereocenters. The van der Waals surface area contributed by atoms with Crippen molar-refractivity contribution in [2.24, 2.45) is 5.41 Å². The van der Waals surface area contributed by atoms with E-state index in [2.05, 4.69) is 35.9 Å². The molecule has 2 saturated heterocycles. The molecule has 3 heterocycles. The third-order valence-electron chi connectivity index (χ3n) is 5.89. The Morgan fingerprint density at radius 1 is 1.36 bits per heavy atom. The number of hydrogen-bond acceptors (Lipinski definition) is 6. The molecule has 0 radical (unpaired) electrons. The Morgan fingerprint density at radius 2 is 2.14 bits per heavy atom. The number of carbonyl (C=O) groups is 1. The maximum Gasteiger partial charge on any atom is 0.229 e. The van der Waals surface area contributed by atoms with Crippen LogP contribution < -0.4 is 4.74 Å². The van der Waals surface area contributed by atoms with Crippen LogP contribution in [0.4, 0.5) is 0 Å². The molecule has 1 atom stereocenters. The molecule has 1 aromatic carbocycles. The molecular weight excluding hydrogens is 356 g/mol. The van der Waals surface area contributed by atoms with Crippen molar-refractivity contribution in [1.82, 2.24) is 19.9 Å². The number of amides is 1. The Kier molecular flexibility index (Phi) is 4.87. The Balaban J connectivity index is 1.36. The van der Waals surface area contributed by atoms with E-state index in [0.717, 1.165) is 43.2 Å². The summed E-state index contributed by atoms with van der Waals surface area (Å²) >= 11 is 0. The zero-order chi connectivity index (χ0) is 19.9. The first kappa shape index (κ1) is 18.9. The zero-order valence-electron chi connectivity index (χ0n) is 17.0. The molecule has 2 aliphatic rings. The predicted molar refractivity (Wildman–Crippen MR) is 104 cm³/mol. The van der Waals surface area contributed by atoms with Gasteiger partial charge in [-0.1, -0.05) is 31.1 Å². The first-order valence-corrected chi connectivity index (χ1v) is 9.83. The quantitative estimate of drug-likeness (QED) is 0.789. The fourth-order valence-corrected chi connectivity index (χ4v) is 4.41. The third-order valence-corrected chi connectivity index (χ3v) is 5.89. The summed E-state index contributed by atoms with van der Waals surface area (Å²) in [5.74, 6) is 2.64. The Labute approximate surface area is 165 Å². The summed E-state index contributed by atoms with van der Waals surface area (Å²) in [6.45, 7) is 6.65. The van der Waals surface area contributed by atoms with Crippen LogP contribution in [0.5, 0.6) is 5.75 Å². The van der Waals surface area contributed by atoms with Gasteiger partial charge < -0.3 is 14.2 Å². The largest absolute Gasteiger partial charge is 0.497 e. The van der Waals surface area contributed by atoms with Crippen LogP contribution in [-0.4, -0.2) is 59.6 Å². The molecule has 1 aromatic heterocycles. The van der Waals surface area contributed by atoms with Gasteiger partial charge in [-0.15, -0.1) is 0 Å². The Bertz CT molecular complexity index is 857. The molecule has 7 heteroatoms. The predicted octanol–water partition coefficient (Wildman–Crippen LogP) is 2.65. The van der Waals surface area contributed by atoms with Gasteiger partial charge >= 0.3 is 0 Å². The lowest BCUT2D eigenvalue weighted by atomic mass is 9.77. The summed E-state index contributed by atoms with van der Waals surface area (Å²) in [7, 11) is 3.74. The van der Waals surface area contributed by atoms with E-state index < -0.39 is 0 Å². The second-order valence-corrected chi connectivity index (χ2v) is 8.56. The van der Waals surface area contributed by atoms with E-state index in [1.54, 1.807) is 7.11 Å². The van der Waals surface area contributed by atoms with Crippen molar-refractivity contribution in [3.8, 4) is 5.75 Å². The highest BCUT2D eigenvalue weighted by Gasteiger charge is 2.52. The summed E-state index contributed by atoms with van der Waals surface area (Å²) in [4.78, 5) is 21.5. The summed E-state index contributed by atoms with van der Waals surface area (Å²) < 4.78 is 10.6. The molecule has 2 aliphatic heterocycles. The maximum absolute atomic E-state index is 12.7. The van der Waals surface area contributed by atoms with Crippen LogP contribution in [0.15, 0.2) is 28.8 Å². The number of benzene rings is 1. The van der Waals surface area contributed by atoms with Gasteiger partial charge in [-0.25, -0.2) is 0 Å². The number of likely N-dealkylation sites (tertiary alicyclic amines) is 2. The molecule has 0 bridgehead atoms. The lowest BCUT2D eigenvalue weighted by Gasteiger charge is -2.48. The van der Waals surface area contributed by atoms with Crippen molar-refractivity contribution in [2.75, 3.05) is 33.8 Å². The van der Waals surface area contributed by atoms with E-state index >= 15 is 0 Å². The highest BCUT2D eigenvalue weighted by Crippen LogP contribution is 2.47. The average Bonchev–Trinajstić information content (AvgIpc) is 3.25. The number of methoxy groups -OCH3 is 1. The van der Waals surface area contributed by atoms with Gasteiger partial charge in [0.05, 0.1) is 19.6 Å². The number of carbonyl (C=O) groups excluding carboxylic acids is 1. The fraction of sp³-hybridized carbons (Fsp3) is 0.571. The van der Waals surface area contributed by atoms with Crippen molar-refractivity contribution in [3.63, 3.8) is 0 Å². The van der Waals surface area contributed by atoms with Crippen LogP contribution >= 0.6 is 0 Å². The minimum atomic E-state index is 0.141. The minimum Gasteiger partial charge on any atom is -0.497 e. The number of hydrogen-bond donors (Lipinski definition) is 0. The van der Waals surface area contributed by atoms with Crippen molar-refractivity contribution in [3.05, 3.63) is 41.5 Å². The Hall–Kier alpha value is -2.41. The second kappa shape index (κ2) is 7.20. The van der Waals surface area contributed by atoms with E-state index in [1.165, 1.54) is 0 Å². The van der Waals surface area contributed by atoms with Gasteiger partial charge in [0, 0.05) is 31.0 Å². The van der Waals surface area contributed by atoms with Crippen LogP contribution in [0.2, 0.25) is 0 Å². The monoisotopic (exact) mass is 384 g/mol. The molecule has 4 rings (SSSR count). The number of nitrogens with zero attached hydrogens (tertiary/aromatic N) is 4. The Morgan fingerprint density at radius 3 is 2.82 bits per heavy atom. The smallest absolute Gasteiger partial charge is 0.229 e. The van der Waals surface area contributed by atoms with Crippen molar-refractivity contribution in [1.29, 1.82) is 0 Å². The van der Waals surface area contributed by atoms with Gasteiger partial charge in [0.1, 0.15) is 5.75 Å². The number of aromatic nitrogens is 2. The van der Waals surface area contributed by atoms with Gasteiger partial charge in [0.25, 0.3) is 0 Å². The summed E-state index contributed by atoms with van der Waals surface area (Å²) in [6.07, 6.45) is 1.37. The standard InChI is InChI=1S/C21H28N4O3/c1-14(2)20-22-19(23-28-20)17-10-21(11-24(17)3)12-25(13-21)18(26)9-15-6-5-7-16(8-15)27-4/h5-8,14,17H,9-13H2,1-4H3. The van der Waals surface area contributed by atoms with E-state index in [-0.39, 0.29) is 23.3 Å². The van der Waals surface area contributed by atoms with E-state index in [4.69, 9.17) is 9.26 Å². The zero-order valence-corrected chi connectivity index (χ0v) is 17.0. The summed E-state index contributed by atoms with van der Waals surface area (Å²) in [5, 5.41) is 4.20. The van der Waals surface area contributed by atoms with Gasteiger partial charge in [-0.05, 0) is 31.2 Å². The van der Waals surface area contributed by atoms with Gasteiger partial charge in [0.15, 0.2) is 5.82 Å². The first-order chi connectivity index (χ1) is 13.4. The van der Waals surface area contributed by atoms with Crippen molar-refractivity contribution < 1.29 is 14.1 Å². The molecule has 1 amide bonds. The highest BCUT2D eigenvalue weighted by atomic mass is 16.5. The first-order valence-electron chi connectivity index (χ1n) is 9.83. The van der Waals surface area contributed by atoms with Crippen LogP contribution in [-0.2, 0) is 11.2 Å².